The quantitative estimate of drug-likeness (QED) is 0.586. The Balaban J connectivity index is 2.03. The number of aromatic nitrogens is 2. The highest BCUT2D eigenvalue weighted by Crippen LogP contribution is 2.32. The zero-order chi connectivity index (χ0) is 14.8. The summed E-state index contributed by atoms with van der Waals surface area (Å²) >= 11 is 1.47. The van der Waals surface area contributed by atoms with Crippen molar-refractivity contribution in [2.75, 3.05) is 12.4 Å². The predicted octanol–water partition coefficient (Wildman–Crippen LogP) is 3.43. The van der Waals surface area contributed by atoms with E-state index in [2.05, 4.69) is 15.3 Å². The van der Waals surface area contributed by atoms with Gasteiger partial charge in [-0.3, -0.25) is 10.1 Å². The molecule has 2 heterocycles. The number of fused-ring (bicyclic) bond motifs is 1. The summed E-state index contributed by atoms with van der Waals surface area (Å²) in [5.41, 5.74) is -0.0306. The van der Waals surface area contributed by atoms with Crippen molar-refractivity contribution in [2.24, 2.45) is 0 Å². The van der Waals surface area contributed by atoms with Crippen molar-refractivity contribution in [1.82, 2.24) is 9.97 Å². The van der Waals surface area contributed by atoms with Crippen molar-refractivity contribution in [3.05, 3.63) is 45.8 Å². The summed E-state index contributed by atoms with van der Waals surface area (Å²) in [4.78, 5) is 19.7. The number of nitro benzene ring substituents is 1. The fourth-order valence-corrected chi connectivity index (χ4v) is 2.54. The van der Waals surface area contributed by atoms with Gasteiger partial charge in [0.05, 0.1) is 16.4 Å². The van der Waals surface area contributed by atoms with Gasteiger partial charge >= 0.3 is 0 Å². The summed E-state index contributed by atoms with van der Waals surface area (Å²) in [7, 11) is 1.71. The Bertz CT molecular complexity index is 818. The predicted molar refractivity (Wildman–Crippen MR) is 80.1 cm³/mol. The topological polar surface area (TPSA) is 90.2 Å². The van der Waals surface area contributed by atoms with E-state index in [9.17, 15) is 10.1 Å². The molecule has 0 aliphatic carbocycles. The maximum atomic E-state index is 10.8. The molecule has 1 N–H and O–H groups in total. The number of hydrogen-bond acceptors (Lipinski definition) is 7. The second kappa shape index (κ2) is 5.33. The van der Waals surface area contributed by atoms with E-state index in [1.54, 1.807) is 19.2 Å². The van der Waals surface area contributed by atoms with Gasteiger partial charge in [0.15, 0.2) is 0 Å². The van der Waals surface area contributed by atoms with Crippen molar-refractivity contribution in [3.63, 3.8) is 0 Å². The molecule has 2 aromatic heterocycles. The van der Waals surface area contributed by atoms with Crippen LogP contribution in [0.5, 0.6) is 11.6 Å². The average molecular weight is 302 g/mol. The molecule has 0 aliphatic rings. The van der Waals surface area contributed by atoms with Crippen LogP contribution in [-0.4, -0.2) is 21.9 Å². The minimum absolute atomic E-state index is 0.0306. The Morgan fingerprint density at radius 3 is 2.95 bits per heavy atom. The Morgan fingerprint density at radius 2 is 2.19 bits per heavy atom. The van der Waals surface area contributed by atoms with E-state index in [1.165, 1.54) is 23.5 Å². The maximum absolute atomic E-state index is 10.8. The summed E-state index contributed by atoms with van der Waals surface area (Å²) in [5.74, 6) is 1.16. The minimum atomic E-state index is -0.466. The number of non-ortho nitro benzene ring substituents is 1. The van der Waals surface area contributed by atoms with Crippen molar-refractivity contribution in [3.8, 4) is 11.6 Å². The number of hydrogen-bond donors (Lipinski definition) is 1. The molecule has 1 aromatic carbocycles. The van der Waals surface area contributed by atoms with Gasteiger partial charge in [-0.15, -0.1) is 11.3 Å². The molecular weight excluding hydrogens is 292 g/mol. The molecule has 3 aromatic rings. The van der Waals surface area contributed by atoms with Crippen LogP contribution in [0, 0.1) is 10.1 Å². The fourth-order valence-electron chi connectivity index (χ4n) is 1.79. The molecule has 106 valence electrons. The summed E-state index contributed by atoms with van der Waals surface area (Å²) in [6, 6.07) is 7.84. The third kappa shape index (κ3) is 2.61. The lowest BCUT2D eigenvalue weighted by molar-refractivity contribution is -0.384. The molecule has 0 fully saturated rings. The molecule has 0 atom stereocenters. The Morgan fingerprint density at radius 1 is 1.33 bits per heavy atom. The van der Waals surface area contributed by atoms with Crippen LogP contribution < -0.4 is 10.1 Å². The molecule has 0 amide bonds. The number of nitro groups is 1. The van der Waals surface area contributed by atoms with Crippen LogP contribution in [0.3, 0.4) is 0 Å². The number of rotatable bonds is 4. The molecule has 0 unspecified atom stereocenters. The Labute approximate surface area is 123 Å². The van der Waals surface area contributed by atoms with Crippen LogP contribution in [-0.2, 0) is 0 Å². The third-order valence-corrected chi connectivity index (χ3v) is 3.56. The lowest BCUT2D eigenvalue weighted by Crippen LogP contribution is -1.98. The Hall–Kier alpha value is -2.74. The van der Waals surface area contributed by atoms with Crippen LogP contribution in [0.4, 0.5) is 11.6 Å². The number of benzene rings is 1. The van der Waals surface area contributed by atoms with Gasteiger partial charge in [-0.25, -0.2) is 4.98 Å². The van der Waals surface area contributed by atoms with Crippen molar-refractivity contribution >= 4 is 33.2 Å². The summed E-state index contributed by atoms with van der Waals surface area (Å²) < 4.78 is 5.69. The lowest BCUT2D eigenvalue weighted by atomic mass is 10.3. The molecule has 0 aliphatic heterocycles. The van der Waals surface area contributed by atoms with E-state index in [0.29, 0.717) is 17.6 Å². The smallest absolute Gasteiger partial charge is 0.273 e. The van der Waals surface area contributed by atoms with Gasteiger partial charge in [0, 0.05) is 13.1 Å². The molecule has 0 radical (unpaired) electrons. The Kier molecular flexibility index (Phi) is 3.36. The number of ether oxygens (including phenoxy) is 1. The molecular formula is C13H10N4O3S. The first kappa shape index (κ1) is 13.3. The number of anilines is 1. The van der Waals surface area contributed by atoms with Gasteiger partial charge in [-0.1, -0.05) is 6.07 Å². The number of thiophene rings is 1. The van der Waals surface area contributed by atoms with Crippen LogP contribution >= 0.6 is 11.3 Å². The molecule has 3 rings (SSSR count). The van der Waals surface area contributed by atoms with Gasteiger partial charge in [-0.2, -0.15) is 4.98 Å². The first-order valence-electron chi connectivity index (χ1n) is 6.02. The van der Waals surface area contributed by atoms with Crippen molar-refractivity contribution < 1.29 is 9.66 Å². The lowest BCUT2D eigenvalue weighted by Gasteiger charge is -2.07. The summed E-state index contributed by atoms with van der Waals surface area (Å²) in [5, 5.41) is 16.3. The van der Waals surface area contributed by atoms with Gasteiger partial charge < -0.3 is 10.1 Å². The largest absolute Gasteiger partial charge is 0.438 e. The molecule has 0 spiro atoms. The average Bonchev–Trinajstić information content (AvgIpc) is 2.96. The molecule has 0 saturated carbocycles. The monoisotopic (exact) mass is 302 g/mol. The molecule has 7 nitrogen and oxygen atoms in total. The summed E-state index contributed by atoms with van der Waals surface area (Å²) in [6.45, 7) is 0. The zero-order valence-electron chi connectivity index (χ0n) is 10.9. The van der Waals surface area contributed by atoms with Gasteiger partial charge in [0.2, 0.25) is 11.8 Å². The second-order valence-corrected chi connectivity index (χ2v) is 4.99. The standard InChI is InChI=1S/C13H10N4O3S/c1-14-13-15-11(10-5-6-21-12(10)16-13)20-9-4-2-3-8(7-9)17(18)19/h2-7H,1H3,(H,14,15,16). The van der Waals surface area contributed by atoms with Crippen molar-refractivity contribution in [1.29, 1.82) is 0 Å². The van der Waals surface area contributed by atoms with Gasteiger partial charge in [0.1, 0.15) is 10.6 Å². The highest BCUT2D eigenvalue weighted by Gasteiger charge is 2.12. The third-order valence-electron chi connectivity index (χ3n) is 2.76. The van der Waals surface area contributed by atoms with E-state index in [1.807, 2.05) is 11.4 Å². The van der Waals surface area contributed by atoms with E-state index >= 15 is 0 Å². The van der Waals surface area contributed by atoms with Gasteiger partial charge in [0.25, 0.3) is 5.69 Å². The van der Waals surface area contributed by atoms with Crippen LogP contribution in [0.25, 0.3) is 10.2 Å². The van der Waals surface area contributed by atoms with Crippen LogP contribution in [0.1, 0.15) is 0 Å². The first-order chi connectivity index (χ1) is 10.2. The fraction of sp³-hybridized carbons (Fsp3) is 0.0769. The number of nitrogens with one attached hydrogen (secondary N) is 1. The first-order valence-corrected chi connectivity index (χ1v) is 6.90. The highest BCUT2D eigenvalue weighted by molar-refractivity contribution is 7.16. The van der Waals surface area contributed by atoms with Crippen LogP contribution in [0.2, 0.25) is 0 Å². The summed E-state index contributed by atoms with van der Waals surface area (Å²) in [6.07, 6.45) is 0. The molecule has 8 heteroatoms. The minimum Gasteiger partial charge on any atom is -0.438 e. The van der Waals surface area contributed by atoms with E-state index in [4.69, 9.17) is 4.74 Å². The highest BCUT2D eigenvalue weighted by atomic mass is 32.1. The van der Waals surface area contributed by atoms with E-state index in [-0.39, 0.29) is 5.69 Å². The normalized spacial score (nSPS) is 10.5. The van der Waals surface area contributed by atoms with E-state index < -0.39 is 4.92 Å². The zero-order valence-corrected chi connectivity index (χ0v) is 11.8. The molecule has 0 saturated heterocycles. The van der Waals surface area contributed by atoms with E-state index in [0.717, 1.165) is 10.2 Å². The number of nitrogens with zero attached hydrogens (tertiary/aromatic N) is 3. The second-order valence-electron chi connectivity index (χ2n) is 4.10. The maximum Gasteiger partial charge on any atom is 0.273 e. The van der Waals surface area contributed by atoms with Crippen LogP contribution in [0.15, 0.2) is 35.7 Å². The SMILES string of the molecule is CNc1nc(Oc2cccc([N+](=O)[O-])c2)c2ccsc2n1. The molecule has 21 heavy (non-hydrogen) atoms. The van der Waals surface area contributed by atoms with Gasteiger partial charge in [-0.05, 0) is 17.5 Å². The molecule has 0 bridgehead atoms. The van der Waals surface area contributed by atoms with Crippen molar-refractivity contribution in [2.45, 2.75) is 0 Å².